The van der Waals surface area contributed by atoms with Crippen LogP contribution in [-0.4, -0.2) is 15.1 Å². The van der Waals surface area contributed by atoms with Crippen LogP contribution in [0.4, 0.5) is 0 Å². The Balaban J connectivity index is 2.21. The fourth-order valence-electron chi connectivity index (χ4n) is 1.82. The number of aromatic nitrogens is 2. The Morgan fingerprint density at radius 2 is 1.83 bits per heavy atom. The predicted octanol–water partition coefficient (Wildman–Crippen LogP) is 3.76. The number of hydrogen-bond donors (Lipinski definition) is 1. The Bertz CT molecular complexity index is 711. The van der Waals surface area contributed by atoms with Gasteiger partial charge in [-0.05, 0) is 18.2 Å². The van der Waals surface area contributed by atoms with E-state index in [1.54, 1.807) is 24.5 Å². The molecule has 0 spiro atoms. The van der Waals surface area contributed by atoms with Crippen LogP contribution >= 0.6 is 15.9 Å². The predicted molar refractivity (Wildman–Crippen MR) is 74.3 cm³/mol. The van der Waals surface area contributed by atoms with Gasteiger partial charge in [-0.2, -0.15) is 0 Å². The van der Waals surface area contributed by atoms with Crippen LogP contribution in [0.2, 0.25) is 0 Å². The molecule has 3 nitrogen and oxygen atoms in total. The average Bonchev–Trinajstić information content (AvgIpc) is 2.39. The quantitative estimate of drug-likeness (QED) is 0.744. The molecule has 0 unspecified atom stereocenters. The Kier molecular flexibility index (Phi) is 2.72. The summed E-state index contributed by atoms with van der Waals surface area (Å²) in [4.78, 5) is 8.50. The van der Waals surface area contributed by atoms with E-state index >= 15 is 0 Å². The number of hydrogen-bond acceptors (Lipinski definition) is 3. The number of benzene rings is 1. The third-order valence-electron chi connectivity index (χ3n) is 2.73. The summed E-state index contributed by atoms with van der Waals surface area (Å²) in [6.07, 6.45) is 3.28. The van der Waals surface area contributed by atoms with Crippen molar-refractivity contribution in [3.05, 3.63) is 53.3 Å². The number of pyridine rings is 2. The van der Waals surface area contributed by atoms with E-state index in [1.807, 2.05) is 24.3 Å². The maximum atomic E-state index is 9.98. The first kappa shape index (κ1) is 11.2. The molecule has 2 aromatic heterocycles. The van der Waals surface area contributed by atoms with Gasteiger partial charge in [0, 0.05) is 28.5 Å². The van der Waals surface area contributed by atoms with E-state index < -0.39 is 0 Å². The third-order valence-corrected chi connectivity index (χ3v) is 3.26. The molecule has 0 radical (unpaired) electrons. The largest absolute Gasteiger partial charge is 0.507 e. The molecule has 18 heavy (non-hydrogen) atoms. The van der Waals surface area contributed by atoms with Crippen LogP contribution in [0.25, 0.3) is 22.2 Å². The molecule has 0 atom stereocenters. The van der Waals surface area contributed by atoms with Gasteiger partial charge in [-0.1, -0.05) is 28.1 Å². The van der Waals surface area contributed by atoms with Crippen molar-refractivity contribution in [2.45, 2.75) is 0 Å². The number of aromatic hydroxyl groups is 1. The molecular formula is C14H9BrN2O. The third kappa shape index (κ3) is 1.95. The zero-order valence-electron chi connectivity index (χ0n) is 9.34. The lowest BCUT2D eigenvalue weighted by atomic mass is 10.1. The number of rotatable bonds is 1. The minimum Gasteiger partial charge on any atom is -0.507 e. The number of fused-ring (bicyclic) bond motifs is 1. The van der Waals surface area contributed by atoms with Crippen LogP contribution in [0.1, 0.15) is 0 Å². The first-order chi connectivity index (χ1) is 8.74. The first-order valence-corrected chi connectivity index (χ1v) is 6.23. The highest BCUT2D eigenvalue weighted by Gasteiger charge is 2.06. The Hall–Kier alpha value is -1.94. The lowest BCUT2D eigenvalue weighted by molar-refractivity contribution is 0.481. The van der Waals surface area contributed by atoms with Crippen molar-refractivity contribution in [3.63, 3.8) is 0 Å². The normalized spacial score (nSPS) is 10.7. The number of nitrogens with zero attached hydrogens (tertiary/aromatic N) is 2. The second-order valence-corrected chi connectivity index (χ2v) is 4.84. The van der Waals surface area contributed by atoms with Crippen LogP contribution in [0.15, 0.2) is 53.3 Å². The molecule has 0 aliphatic heterocycles. The molecule has 1 aromatic carbocycles. The fraction of sp³-hybridized carbons (Fsp3) is 0. The molecule has 0 aliphatic rings. The van der Waals surface area contributed by atoms with Crippen molar-refractivity contribution in [1.29, 1.82) is 0 Å². The van der Waals surface area contributed by atoms with E-state index in [2.05, 4.69) is 25.9 Å². The van der Waals surface area contributed by atoms with Gasteiger partial charge in [-0.15, -0.1) is 0 Å². The molecule has 2 heterocycles. The molecule has 0 fully saturated rings. The summed E-state index contributed by atoms with van der Waals surface area (Å²) >= 11 is 3.39. The fourth-order valence-corrected chi connectivity index (χ4v) is 2.08. The zero-order valence-corrected chi connectivity index (χ0v) is 10.9. The topological polar surface area (TPSA) is 46.0 Å². The molecule has 0 aliphatic carbocycles. The average molecular weight is 301 g/mol. The van der Waals surface area contributed by atoms with Gasteiger partial charge in [0.15, 0.2) is 0 Å². The Morgan fingerprint density at radius 3 is 2.61 bits per heavy atom. The minimum atomic E-state index is 0.200. The van der Waals surface area contributed by atoms with E-state index in [-0.39, 0.29) is 5.75 Å². The van der Waals surface area contributed by atoms with E-state index in [0.29, 0.717) is 5.39 Å². The van der Waals surface area contributed by atoms with Gasteiger partial charge in [0.05, 0.1) is 16.6 Å². The lowest BCUT2D eigenvalue weighted by Crippen LogP contribution is -1.86. The highest BCUT2D eigenvalue weighted by molar-refractivity contribution is 9.10. The lowest BCUT2D eigenvalue weighted by Gasteiger charge is -2.05. The second kappa shape index (κ2) is 4.38. The molecular weight excluding hydrogens is 292 g/mol. The minimum absolute atomic E-state index is 0.200. The number of halogens is 1. The highest BCUT2D eigenvalue weighted by atomic mass is 79.9. The zero-order chi connectivity index (χ0) is 12.5. The summed E-state index contributed by atoms with van der Waals surface area (Å²) in [5.41, 5.74) is 2.45. The summed E-state index contributed by atoms with van der Waals surface area (Å²) in [6, 6.07) is 11.3. The van der Waals surface area contributed by atoms with E-state index in [9.17, 15) is 5.11 Å². The van der Waals surface area contributed by atoms with E-state index in [4.69, 9.17) is 0 Å². The summed E-state index contributed by atoms with van der Waals surface area (Å²) < 4.78 is 1.01. The van der Waals surface area contributed by atoms with Gasteiger partial charge in [-0.3, -0.25) is 4.98 Å². The van der Waals surface area contributed by atoms with Gasteiger partial charge in [0.25, 0.3) is 0 Å². The van der Waals surface area contributed by atoms with Crippen molar-refractivity contribution in [2.24, 2.45) is 0 Å². The first-order valence-electron chi connectivity index (χ1n) is 5.44. The van der Waals surface area contributed by atoms with Crippen LogP contribution in [0.5, 0.6) is 5.75 Å². The van der Waals surface area contributed by atoms with E-state index in [0.717, 1.165) is 21.2 Å². The molecule has 3 rings (SSSR count). The standard InChI is InChI=1S/C14H9BrN2O/c15-10-3-1-9(2-4-10)13-7-14(18)11-8-16-6-5-12(11)17-13/h1-8H,(H,17,18). The maximum absolute atomic E-state index is 9.98. The monoisotopic (exact) mass is 300 g/mol. The second-order valence-electron chi connectivity index (χ2n) is 3.93. The van der Waals surface area contributed by atoms with Gasteiger partial charge >= 0.3 is 0 Å². The maximum Gasteiger partial charge on any atom is 0.128 e. The van der Waals surface area contributed by atoms with Crippen molar-refractivity contribution in [2.75, 3.05) is 0 Å². The van der Waals surface area contributed by atoms with Gasteiger partial charge in [0.2, 0.25) is 0 Å². The molecule has 0 bridgehead atoms. The smallest absolute Gasteiger partial charge is 0.128 e. The van der Waals surface area contributed by atoms with Crippen LogP contribution < -0.4 is 0 Å². The van der Waals surface area contributed by atoms with Crippen LogP contribution in [0.3, 0.4) is 0 Å². The summed E-state index contributed by atoms with van der Waals surface area (Å²) in [6.45, 7) is 0. The van der Waals surface area contributed by atoms with Crippen LogP contribution in [-0.2, 0) is 0 Å². The molecule has 88 valence electrons. The Morgan fingerprint density at radius 1 is 1.06 bits per heavy atom. The molecule has 0 saturated heterocycles. The molecule has 3 aromatic rings. The molecule has 1 N–H and O–H groups in total. The van der Waals surface area contributed by atoms with Gasteiger partial charge in [0.1, 0.15) is 5.75 Å². The van der Waals surface area contributed by atoms with Crippen molar-refractivity contribution in [3.8, 4) is 17.0 Å². The SMILES string of the molecule is Oc1cc(-c2ccc(Br)cc2)nc2ccncc12. The van der Waals surface area contributed by atoms with Crippen molar-refractivity contribution >= 4 is 26.8 Å². The van der Waals surface area contributed by atoms with Gasteiger partial charge < -0.3 is 5.11 Å². The summed E-state index contributed by atoms with van der Waals surface area (Å²) in [5, 5.41) is 10.6. The summed E-state index contributed by atoms with van der Waals surface area (Å²) in [7, 11) is 0. The van der Waals surface area contributed by atoms with Crippen LogP contribution in [0, 0.1) is 0 Å². The molecule has 0 saturated carbocycles. The molecule has 0 amide bonds. The van der Waals surface area contributed by atoms with Crippen molar-refractivity contribution in [1.82, 2.24) is 9.97 Å². The Labute approximate surface area is 112 Å². The summed E-state index contributed by atoms with van der Waals surface area (Å²) in [5.74, 6) is 0.200. The van der Waals surface area contributed by atoms with E-state index in [1.165, 1.54) is 0 Å². The van der Waals surface area contributed by atoms with Crippen molar-refractivity contribution < 1.29 is 5.11 Å². The highest BCUT2D eigenvalue weighted by Crippen LogP contribution is 2.28. The van der Waals surface area contributed by atoms with Gasteiger partial charge in [-0.25, -0.2) is 4.98 Å². The molecule has 4 heteroatoms.